The molecule has 0 fully saturated rings. The second-order valence-electron chi connectivity index (χ2n) is 7.44. The third kappa shape index (κ3) is 4.40. The van der Waals surface area contributed by atoms with Gasteiger partial charge >= 0.3 is 11.2 Å². The Hall–Kier alpha value is -3.74. The number of H-pyrrole nitrogens is 2. The first-order valence-corrected chi connectivity index (χ1v) is 10.3. The Balaban J connectivity index is 1.76. The van der Waals surface area contributed by atoms with Gasteiger partial charge in [0, 0.05) is 10.9 Å². The summed E-state index contributed by atoms with van der Waals surface area (Å²) in [6.07, 6.45) is 7.51. The summed E-state index contributed by atoms with van der Waals surface area (Å²) in [5.41, 5.74) is 1.70. The van der Waals surface area contributed by atoms with Gasteiger partial charge in [0.25, 0.3) is 0 Å². The zero-order chi connectivity index (χ0) is 21.8. The lowest BCUT2D eigenvalue weighted by molar-refractivity contribution is 0.630. The topological polar surface area (TPSA) is 83.0 Å². The van der Waals surface area contributed by atoms with Gasteiger partial charge in [0.1, 0.15) is 11.3 Å². The van der Waals surface area contributed by atoms with Crippen molar-refractivity contribution in [3.8, 4) is 0 Å². The molecule has 2 aromatic heterocycles. The smallest absolute Gasteiger partial charge is 0.349 e. The van der Waals surface area contributed by atoms with Crippen molar-refractivity contribution < 1.29 is 4.39 Å². The largest absolute Gasteiger partial charge is 0.350 e. The van der Waals surface area contributed by atoms with Crippen LogP contribution in [0, 0.1) is 5.82 Å². The molecule has 2 aromatic carbocycles. The number of halogens is 1. The Morgan fingerprint density at radius 1 is 1.06 bits per heavy atom. The molecule has 0 aliphatic heterocycles. The maximum absolute atomic E-state index is 13.6. The van der Waals surface area contributed by atoms with Crippen LogP contribution in [0.1, 0.15) is 38.2 Å². The molecule has 4 rings (SSSR count). The number of hydrogen-bond donors (Lipinski definition) is 2. The van der Waals surface area contributed by atoms with Crippen LogP contribution in [0.5, 0.6) is 0 Å². The van der Waals surface area contributed by atoms with E-state index in [4.69, 9.17) is 0 Å². The lowest BCUT2D eigenvalue weighted by Gasteiger charge is -2.03. The van der Waals surface area contributed by atoms with E-state index in [0.717, 1.165) is 41.5 Å². The highest BCUT2D eigenvalue weighted by atomic mass is 19.1. The van der Waals surface area contributed by atoms with Crippen molar-refractivity contribution in [1.82, 2.24) is 14.6 Å². The van der Waals surface area contributed by atoms with Gasteiger partial charge in [-0.05, 0) is 42.2 Å². The molecule has 6 nitrogen and oxygen atoms in total. The van der Waals surface area contributed by atoms with E-state index < -0.39 is 17.1 Å². The zero-order valence-corrected chi connectivity index (χ0v) is 17.2. The van der Waals surface area contributed by atoms with Gasteiger partial charge in [-0.3, -0.25) is 4.79 Å². The van der Waals surface area contributed by atoms with E-state index in [-0.39, 0.29) is 11.0 Å². The molecule has 0 bridgehead atoms. The fraction of sp³-hybridized carbons (Fsp3) is 0.208. The minimum Gasteiger partial charge on any atom is -0.349 e. The highest BCUT2D eigenvalue weighted by molar-refractivity contribution is 6.04. The van der Waals surface area contributed by atoms with E-state index in [1.807, 2.05) is 36.4 Å². The highest BCUT2D eigenvalue weighted by Gasteiger charge is 2.13. The highest BCUT2D eigenvalue weighted by Crippen LogP contribution is 2.21. The van der Waals surface area contributed by atoms with Gasteiger partial charge < -0.3 is 9.97 Å². The first kappa shape index (κ1) is 20.5. The first-order chi connectivity index (χ1) is 15.1. The van der Waals surface area contributed by atoms with Crippen LogP contribution in [0.4, 0.5) is 4.39 Å². The second kappa shape index (κ2) is 8.95. The molecule has 2 N–H and O–H groups in total. The van der Waals surface area contributed by atoms with Crippen molar-refractivity contribution in [3.63, 3.8) is 0 Å². The van der Waals surface area contributed by atoms with Crippen LogP contribution in [0.3, 0.4) is 0 Å². The van der Waals surface area contributed by atoms with Gasteiger partial charge in [-0.2, -0.15) is 5.10 Å². The summed E-state index contributed by atoms with van der Waals surface area (Å²) in [6.45, 7) is 2.13. The molecule has 0 saturated carbocycles. The zero-order valence-electron chi connectivity index (χ0n) is 17.2. The number of unbranched alkanes of at least 4 members (excludes halogenated alkanes) is 2. The van der Waals surface area contributed by atoms with Crippen molar-refractivity contribution >= 4 is 34.2 Å². The van der Waals surface area contributed by atoms with E-state index in [1.54, 1.807) is 6.21 Å². The van der Waals surface area contributed by atoms with Gasteiger partial charge in [-0.1, -0.05) is 56.2 Å². The number of aromatic amines is 2. The van der Waals surface area contributed by atoms with Crippen molar-refractivity contribution in [3.05, 3.63) is 86.3 Å². The molecule has 7 heteroatoms. The molecule has 0 unspecified atom stereocenters. The van der Waals surface area contributed by atoms with E-state index in [2.05, 4.69) is 22.0 Å². The Kier molecular flexibility index (Phi) is 5.93. The maximum atomic E-state index is 13.6. The molecule has 0 saturated heterocycles. The van der Waals surface area contributed by atoms with Crippen molar-refractivity contribution in [2.75, 3.05) is 0 Å². The average molecular weight is 418 g/mol. The predicted octanol–water partition coefficient (Wildman–Crippen LogP) is 4.81. The molecule has 4 aromatic rings. The fourth-order valence-electron chi connectivity index (χ4n) is 3.57. The second-order valence-corrected chi connectivity index (χ2v) is 7.44. The molecule has 0 radical (unpaired) electrons. The molecule has 0 atom stereocenters. The summed E-state index contributed by atoms with van der Waals surface area (Å²) in [5.74, 6) is -0.445. The molecular weight excluding hydrogens is 395 g/mol. The van der Waals surface area contributed by atoms with Crippen molar-refractivity contribution in [1.29, 1.82) is 0 Å². The SMILES string of the molecule is CCCCCC(=C/c1ccccc1)/C=N/n1c(=O)[nH]c2c([nH]c3ccc(F)cc32)c1=O. The summed E-state index contributed by atoms with van der Waals surface area (Å²) < 4.78 is 14.4. The van der Waals surface area contributed by atoms with E-state index in [9.17, 15) is 14.0 Å². The number of allylic oxidation sites excluding steroid dienone is 1. The van der Waals surface area contributed by atoms with Crippen molar-refractivity contribution in [2.45, 2.75) is 32.6 Å². The quantitative estimate of drug-likeness (QED) is 0.334. The minimum atomic E-state index is -0.675. The third-order valence-corrected chi connectivity index (χ3v) is 5.15. The number of fused-ring (bicyclic) bond motifs is 3. The molecule has 2 heterocycles. The van der Waals surface area contributed by atoms with Crippen LogP contribution in [-0.2, 0) is 0 Å². The van der Waals surface area contributed by atoms with Crippen LogP contribution in [0.15, 0.2) is 68.8 Å². The third-order valence-electron chi connectivity index (χ3n) is 5.15. The van der Waals surface area contributed by atoms with E-state index >= 15 is 0 Å². The Morgan fingerprint density at radius 2 is 1.87 bits per heavy atom. The van der Waals surface area contributed by atoms with Gasteiger partial charge in [-0.25, -0.2) is 9.18 Å². The van der Waals surface area contributed by atoms with Crippen LogP contribution < -0.4 is 11.2 Å². The standard InChI is InChI=1S/C24H23FN4O2/c1-2-3-5-10-17(13-16-8-6-4-7-9-16)15-26-29-23(30)22-21(28-24(29)31)19-14-18(25)11-12-20(19)27-22/h4,6-9,11-15,27H,2-3,5,10H2,1H3,(H,28,31)/b17-13-,26-15+. The monoisotopic (exact) mass is 418 g/mol. The molecule has 0 aliphatic rings. The number of aromatic nitrogens is 3. The summed E-state index contributed by atoms with van der Waals surface area (Å²) in [4.78, 5) is 31.1. The summed E-state index contributed by atoms with van der Waals surface area (Å²) in [6, 6.07) is 13.9. The molecule has 0 aliphatic carbocycles. The Bertz CT molecular complexity index is 1390. The van der Waals surface area contributed by atoms with Crippen LogP contribution in [0.2, 0.25) is 0 Å². The molecule has 31 heavy (non-hydrogen) atoms. The molecule has 0 spiro atoms. The number of rotatable bonds is 7. The Labute approximate surface area is 177 Å². The summed E-state index contributed by atoms with van der Waals surface area (Å²) >= 11 is 0. The lowest BCUT2D eigenvalue weighted by Crippen LogP contribution is -2.32. The molecule has 158 valence electrons. The summed E-state index contributed by atoms with van der Waals surface area (Å²) in [5, 5.41) is 4.64. The average Bonchev–Trinajstić information content (AvgIpc) is 3.12. The lowest BCUT2D eigenvalue weighted by atomic mass is 10.1. The maximum Gasteiger partial charge on any atom is 0.350 e. The normalized spacial score (nSPS) is 12.4. The molecule has 0 amide bonds. The first-order valence-electron chi connectivity index (χ1n) is 10.3. The van der Waals surface area contributed by atoms with Gasteiger partial charge in [0.2, 0.25) is 0 Å². The number of nitrogens with zero attached hydrogens (tertiary/aromatic N) is 2. The number of benzene rings is 2. The Morgan fingerprint density at radius 3 is 2.65 bits per heavy atom. The van der Waals surface area contributed by atoms with Crippen molar-refractivity contribution in [2.24, 2.45) is 5.10 Å². The van der Waals surface area contributed by atoms with Crippen LogP contribution in [-0.4, -0.2) is 20.9 Å². The van der Waals surface area contributed by atoms with Crippen LogP contribution in [0.25, 0.3) is 28.0 Å². The number of nitrogens with one attached hydrogen (secondary N) is 2. The van der Waals surface area contributed by atoms with E-state index in [1.165, 1.54) is 18.2 Å². The molecular formula is C24H23FN4O2. The van der Waals surface area contributed by atoms with Gasteiger partial charge in [0.05, 0.1) is 11.7 Å². The van der Waals surface area contributed by atoms with Gasteiger partial charge in [0.15, 0.2) is 0 Å². The minimum absolute atomic E-state index is 0.178. The van der Waals surface area contributed by atoms with Crippen LogP contribution >= 0.6 is 0 Å². The predicted molar refractivity (Wildman–Crippen MR) is 123 cm³/mol. The van der Waals surface area contributed by atoms with E-state index in [0.29, 0.717) is 10.9 Å². The van der Waals surface area contributed by atoms with Gasteiger partial charge in [-0.15, -0.1) is 4.68 Å². The summed E-state index contributed by atoms with van der Waals surface area (Å²) in [7, 11) is 0. The number of hydrogen-bond acceptors (Lipinski definition) is 3. The fourth-order valence-corrected chi connectivity index (χ4v) is 3.57.